The molecule has 0 atom stereocenters. The molecule has 1 saturated heterocycles. The molecule has 0 spiro atoms. The number of rotatable bonds is 2. The third-order valence-electron chi connectivity index (χ3n) is 3.74. The van der Waals surface area contributed by atoms with E-state index >= 15 is 0 Å². The number of hydrogen-bond acceptors (Lipinski definition) is 4. The molecule has 3 rings (SSSR count). The molecule has 1 aromatic heterocycles. The third kappa shape index (κ3) is 2.48. The lowest BCUT2D eigenvalue weighted by Crippen LogP contribution is -2.28. The zero-order valence-electron chi connectivity index (χ0n) is 10.5. The van der Waals surface area contributed by atoms with Crippen molar-refractivity contribution in [2.75, 3.05) is 26.7 Å². The second kappa shape index (κ2) is 4.70. The van der Waals surface area contributed by atoms with Gasteiger partial charge in [0, 0.05) is 37.0 Å². The lowest BCUT2D eigenvalue weighted by molar-refractivity contribution is 0.302. The molecule has 0 amide bonds. The van der Waals surface area contributed by atoms with E-state index in [1.807, 2.05) is 6.20 Å². The quantitative estimate of drug-likeness (QED) is 0.763. The Balaban J connectivity index is 1.74. The molecule has 0 radical (unpaired) electrons. The molecule has 1 aromatic rings. The molecule has 0 N–H and O–H groups in total. The van der Waals surface area contributed by atoms with Gasteiger partial charge in [0.1, 0.15) is 5.82 Å². The zero-order valence-corrected chi connectivity index (χ0v) is 10.5. The van der Waals surface area contributed by atoms with Crippen LogP contribution in [0.2, 0.25) is 0 Å². The summed E-state index contributed by atoms with van der Waals surface area (Å²) in [6.07, 6.45) is 5.76. The van der Waals surface area contributed by atoms with Crippen LogP contribution in [0.4, 0.5) is 0 Å². The summed E-state index contributed by atoms with van der Waals surface area (Å²) < 4.78 is 0. The maximum atomic E-state index is 4.73. The van der Waals surface area contributed by atoms with Gasteiger partial charge in [0.2, 0.25) is 0 Å². The largest absolute Gasteiger partial charge is 0.302 e. The second-order valence-electron chi connectivity index (χ2n) is 5.23. The first-order chi connectivity index (χ1) is 8.31. The molecular formula is C13H20N4. The van der Waals surface area contributed by atoms with E-state index in [1.54, 1.807) is 0 Å². The summed E-state index contributed by atoms with van der Waals surface area (Å²) in [5.41, 5.74) is 2.58. The van der Waals surface area contributed by atoms with E-state index in [-0.39, 0.29) is 0 Å². The Bertz CT molecular complexity index is 398. The summed E-state index contributed by atoms with van der Waals surface area (Å²) in [6, 6.07) is 0. The highest BCUT2D eigenvalue weighted by Gasteiger charge is 2.17. The van der Waals surface area contributed by atoms with Crippen molar-refractivity contribution in [1.29, 1.82) is 0 Å². The Morgan fingerprint density at radius 1 is 1.24 bits per heavy atom. The van der Waals surface area contributed by atoms with E-state index in [0.717, 1.165) is 31.9 Å². The molecule has 17 heavy (non-hydrogen) atoms. The average molecular weight is 232 g/mol. The number of nitrogens with zero attached hydrogens (tertiary/aromatic N) is 4. The van der Waals surface area contributed by atoms with E-state index in [9.17, 15) is 0 Å². The molecule has 0 aromatic carbocycles. The van der Waals surface area contributed by atoms with Crippen molar-refractivity contribution in [3.63, 3.8) is 0 Å². The van der Waals surface area contributed by atoms with Gasteiger partial charge in [-0.1, -0.05) is 0 Å². The topological polar surface area (TPSA) is 32.3 Å². The molecule has 0 unspecified atom stereocenters. The highest BCUT2D eigenvalue weighted by molar-refractivity contribution is 5.20. The van der Waals surface area contributed by atoms with Crippen LogP contribution in [0.5, 0.6) is 0 Å². The number of likely N-dealkylation sites (N-methyl/N-ethyl adjacent to an activating group) is 1. The van der Waals surface area contributed by atoms with Crippen molar-refractivity contribution in [2.24, 2.45) is 0 Å². The van der Waals surface area contributed by atoms with Crippen LogP contribution in [0.15, 0.2) is 6.20 Å². The maximum absolute atomic E-state index is 4.73. The van der Waals surface area contributed by atoms with Crippen molar-refractivity contribution in [2.45, 2.75) is 32.4 Å². The number of fused-ring (bicyclic) bond motifs is 1. The molecule has 4 nitrogen and oxygen atoms in total. The lowest BCUT2D eigenvalue weighted by Gasteiger charge is -2.24. The van der Waals surface area contributed by atoms with Crippen LogP contribution < -0.4 is 0 Å². The van der Waals surface area contributed by atoms with Crippen molar-refractivity contribution >= 4 is 0 Å². The summed E-state index contributed by atoms with van der Waals surface area (Å²) >= 11 is 0. The molecule has 4 heteroatoms. The van der Waals surface area contributed by atoms with Gasteiger partial charge in [-0.15, -0.1) is 0 Å². The van der Waals surface area contributed by atoms with Crippen LogP contribution >= 0.6 is 0 Å². The van der Waals surface area contributed by atoms with Crippen molar-refractivity contribution in [1.82, 2.24) is 19.8 Å². The van der Waals surface area contributed by atoms with Gasteiger partial charge in [-0.05, 0) is 33.0 Å². The molecule has 0 aliphatic carbocycles. The van der Waals surface area contributed by atoms with Gasteiger partial charge < -0.3 is 4.90 Å². The molecule has 92 valence electrons. The standard InChI is InChI=1S/C13H20N4/c1-16-7-4-12-11(9-16)8-14-13(15-12)10-17-5-2-3-6-17/h8H,2-7,9-10H2,1H3. The summed E-state index contributed by atoms with van der Waals surface area (Å²) in [4.78, 5) is 14.0. The molecule has 1 fully saturated rings. The lowest BCUT2D eigenvalue weighted by atomic mass is 10.1. The van der Waals surface area contributed by atoms with Gasteiger partial charge >= 0.3 is 0 Å². The average Bonchev–Trinajstić information content (AvgIpc) is 2.82. The fourth-order valence-electron chi connectivity index (χ4n) is 2.72. The van der Waals surface area contributed by atoms with Gasteiger partial charge in [0.25, 0.3) is 0 Å². The first-order valence-corrected chi connectivity index (χ1v) is 6.56. The fourth-order valence-corrected chi connectivity index (χ4v) is 2.72. The molecular weight excluding hydrogens is 212 g/mol. The first-order valence-electron chi connectivity index (χ1n) is 6.56. The summed E-state index contributed by atoms with van der Waals surface area (Å²) in [5.74, 6) is 1.01. The second-order valence-corrected chi connectivity index (χ2v) is 5.23. The normalized spacial score (nSPS) is 21.7. The Hall–Kier alpha value is -1.00. The maximum Gasteiger partial charge on any atom is 0.142 e. The Morgan fingerprint density at radius 3 is 2.88 bits per heavy atom. The van der Waals surface area contributed by atoms with E-state index in [0.29, 0.717) is 0 Å². The Labute approximate surface area is 103 Å². The van der Waals surface area contributed by atoms with Gasteiger partial charge in [-0.3, -0.25) is 4.90 Å². The summed E-state index contributed by atoms with van der Waals surface area (Å²) in [5, 5.41) is 0. The highest BCUT2D eigenvalue weighted by Crippen LogP contribution is 2.16. The Morgan fingerprint density at radius 2 is 2.06 bits per heavy atom. The van der Waals surface area contributed by atoms with Crippen molar-refractivity contribution in [3.8, 4) is 0 Å². The molecule has 0 bridgehead atoms. The molecule has 2 aliphatic rings. The van der Waals surface area contributed by atoms with Gasteiger partial charge in [0.05, 0.1) is 6.54 Å². The van der Waals surface area contributed by atoms with Crippen LogP contribution in [-0.4, -0.2) is 46.4 Å². The fraction of sp³-hybridized carbons (Fsp3) is 0.692. The van der Waals surface area contributed by atoms with Gasteiger partial charge in [0.15, 0.2) is 0 Å². The SMILES string of the molecule is CN1CCc2nc(CN3CCCC3)ncc2C1. The minimum Gasteiger partial charge on any atom is -0.302 e. The summed E-state index contributed by atoms with van der Waals surface area (Å²) in [6.45, 7) is 5.47. The number of aromatic nitrogens is 2. The van der Waals surface area contributed by atoms with Crippen LogP contribution in [0, 0.1) is 0 Å². The molecule has 2 aliphatic heterocycles. The minimum atomic E-state index is 0.934. The van der Waals surface area contributed by atoms with Crippen molar-refractivity contribution < 1.29 is 0 Å². The smallest absolute Gasteiger partial charge is 0.142 e. The van der Waals surface area contributed by atoms with E-state index < -0.39 is 0 Å². The number of hydrogen-bond donors (Lipinski definition) is 0. The van der Waals surface area contributed by atoms with Crippen molar-refractivity contribution in [3.05, 3.63) is 23.3 Å². The minimum absolute atomic E-state index is 0.934. The van der Waals surface area contributed by atoms with E-state index in [2.05, 4.69) is 21.8 Å². The van der Waals surface area contributed by atoms with Gasteiger partial charge in [-0.25, -0.2) is 9.97 Å². The molecule has 0 saturated carbocycles. The predicted molar refractivity (Wildman–Crippen MR) is 66.6 cm³/mol. The number of likely N-dealkylation sites (tertiary alicyclic amines) is 1. The highest BCUT2D eigenvalue weighted by atomic mass is 15.2. The van der Waals surface area contributed by atoms with E-state index in [1.165, 1.54) is 37.2 Å². The predicted octanol–water partition coefficient (Wildman–Crippen LogP) is 1.06. The third-order valence-corrected chi connectivity index (χ3v) is 3.74. The van der Waals surface area contributed by atoms with Crippen LogP contribution in [-0.2, 0) is 19.5 Å². The van der Waals surface area contributed by atoms with Gasteiger partial charge in [-0.2, -0.15) is 0 Å². The van der Waals surface area contributed by atoms with Crippen LogP contribution in [0.3, 0.4) is 0 Å². The summed E-state index contributed by atoms with van der Waals surface area (Å²) in [7, 11) is 2.15. The van der Waals surface area contributed by atoms with Crippen LogP contribution in [0.25, 0.3) is 0 Å². The monoisotopic (exact) mass is 232 g/mol. The Kier molecular flexibility index (Phi) is 3.07. The molecule has 3 heterocycles. The first kappa shape index (κ1) is 11.1. The zero-order chi connectivity index (χ0) is 11.7. The van der Waals surface area contributed by atoms with Crippen LogP contribution in [0.1, 0.15) is 29.9 Å². The van der Waals surface area contributed by atoms with E-state index in [4.69, 9.17) is 4.98 Å².